The van der Waals surface area contributed by atoms with E-state index in [2.05, 4.69) is 10.6 Å². The molecule has 1 saturated heterocycles. The molecule has 1 atom stereocenters. The average Bonchev–Trinajstić information content (AvgIpc) is 3.14. The molecule has 1 aliphatic rings. The van der Waals surface area contributed by atoms with Crippen molar-refractivity contribution in [2.75, 3.05) is 29.9 Å². The van der Waals surface area contributed by atoms with E-state index in [-0.39, 0.29) is 24.1 Å². The Morgan fingerprint density at radius 3 is 2.62 bits per heavy atom. The first-order valence-corrected chi connectivity index (χ1v) is 9.81. The first kappa shape index (κ1) is 20.5. The molecule has 7 nitrogen and oxygen atoms in total. The maximum atomic E-state index is 12.8. The SMILES string of the molecule is CCc1ccccc1N1CC(C(=O)Nc2ccccc2C(=O)NCCN)CC1=O. The second-order valence-electron chi connectivity index (χ2n) is 6.97. The zero-order chi connectivity index (χ0) is 20.8. The summed E-state index contributed by atoms with van der Waals surface area (Å²) >= 11 is 0. The molecular formula is C22H26N4O3. The quantitative estimate of drug-likeness (QED) is 0.667. The van der Waals surface area contributed by atoms with Crippen molar-refractivity contribution in [2.45, 2.75) is 19.8 Å². The number of hydrogen-bond donors (Lipinski definition) is 3. The predicted octanol–water partition coefficient (Wildman–Crippen LogP) is 1.93. The Morgan fingerprint density at radius 1 is 1.14 bits per heavy atom. The number of carbonyl (C=O) groups is 3. The highest BCUT2D eigenvalue weighted by molar-refractivity contribution is 6.07. The molecule has 3 amide bonds. The summed E-state index contributed by atoms with van der Waals surface area (Å²) in [6, 6.07) is 14.5. The van der Waals surface area contributed by atoms with Crippen LogP contribution in [0, 0.1) is 5.92 Å². The lowest BCUT2D eigenvalue weighted by Gasteiger charge is -2.20. The number of nitrogens with one attached hydrogen (secondary N) is 2. The third-order valence-corrected chi connectivity index (χ3v) is 5.02. The molecule has 1 unspecified atom stereocenters. The van der Waals surface area contributed by atoms with Gasteiger partial charge in [0.15, 0.2) is 0 Å². The van der Waals surface area contributed by atoms with Crippen LogP contribution in [0.5, 0.6) is 0 Å². The van der Waals surface area contributed by atoms with Crippen LogP contribution in [0.4, 0.5) is 11.4 Å². The minimum Gasteiger partial charge on any atom is -0.351 e. The van der Waals surface area contributed by atoms with Crippen molar-refractivity contribution in [3.05, 3.63) is 59.7 Å². The molecule has 3 rings (SSSR count). The van der Waals surface area contributed by atoms with Gasteiger partial charge in [-0.05, 0) is 30.2 Å². The molecule has 29 heavy (non-hydrogen) atoms. The molecule has 0 aliphatic carbocycles. The molecule has 152 valence electrons. The Hall–Kier alpha value is -3.19. The van der Waals surface area contributed by atoms with E-state index in [1.807, 2.05) is 31.2 Å². The van der Waals surface area contributed by atoms with Crippen LogP contribution < -0.4 is 21.3 Å². The van der Waals surface area contributed by atoms with Crippen molar-refractivity contribution < 1.29 is 14.4 Å². The highest BCUT2D eigenvalue weighted by atomic mass is 16.2. The van der Waals surface area contributed by atoms with E-state index in [4.69, 9.17) is 5.73 Å². The maximum absolute atomic E-state index is 12.8. The lowest BCUT2D eigenvalue weighted by molar-refractivity contribution is -0.122. The molecular weight excluding hydrogens is 368 g/mol. The van der Waals surface area contributed by atoms with Gasteiger partial charge in [0, 0.05) is 31.7 Å². The first-order valence-electron chi connectivity index (χ1n) is 9.81. The van der Waals surface area contributed by atoms with Gasteiger partial charge in [0.2, 0.25) is 11.8 Å². The summed E-state index contributed by atoms with van der Waals surface area (Å²) in [4.78, 5) is 39.4. The topological polar surface area (TPSA) is 105 Å². The number of nitrogens with two attached hydrogens (primary N) is 1. The van der Waals surface area contributed by atoms with Crippen molar-refractivity contribution in [1.29, 1.82) is 0 Å². The van der Waals surface area contributed by atoms with Gasteiger partial charge in [-0.1, -0.05) is 37.3 Å². The lowest BCUT2D eigenvalue weighted by Crippen LogP contribution is -2.31. The zero-order valence-corrected chi connectivity index (χ0v) is 16.5. The van der Waals surface area contributed by atoms with Gasteiger partial charge in [0.25, 0.3) is 5.91 Å². The number of carbonyl (C=O) groups excluding carboxylic acids is 3. The fourth-order valence-corrected chi connectivity index (χ4v) is 3.49. The number of para-hydroxylation sites is 2. The molecule has 2 aromatic rings. The Morgan fingerprint density at radius 2 is 1.86 bits per heavy atom. The number of benzene rings is 2. The standard InChI is InChI=1S/C22H26N4O3/c1-2-15-7-3-6-10-19(15)26-14-16(13-20(26)27)21(28)25-18-9-5-4-8-17(18)22(29)24-12-11-23/h3-10,16H,2,11-14,23H2,1H3,(H,24,29)(H,25,28). The number of amides is 3. The fourth-order valence-electron chi connectivity index (χ4n) is 3.49. The highest BCUT2D eigenvalue weighted by Gasteiger charge is 2.36. The van der Waals surface area contributed by atoms with Crippen LogP contribution in [0.15, 0.2) is 48.5 Å². The van der Waals surface area contributed by atoms with E-state index in [1.54, 1.807) is 29.2 Å². The molecule has 0 spiro atoms. The van der Waals surface area contributed by atoms with E-state index in [1.165, 1.54) is 0 Å². The Labute approximate surface area is 170 Å². The van der Waals surface area contributed by atoms with Crippen molar-refractivity contribution in [1.82, 2.24) is 5.32 Å². The van der Waals surface area contributed by atoms with E-state index in [9.17, 15) is 14.4 Å². The average molecular weight is 394 g/mol. The van der Waals surface area contributed by atoms with Crippen LogP contribution >= 0.6 is 0 Å². The zero-order valence-electron chi connectivity index (χ0n) is 16.5. The van der Waals surface area contributed by atoms with Crippen LogP contribution in [0.3, 0.4) is 0 Å². The molecule has 1 heterocycles. The molecule has 0 aromatic heterocycles. The Bertz CT molecular complexity index is 912. The molecule has 2 aromatic carbocycles. The van der Waals surface area contributed by atoms with Crippen molar-refractivity contribution in [3.8, 4) is 0 Å². The third kappa shape index (κ3) is 4.63. The molecule has 1 aliphatic heterocycles. The minimum atomic E-state index is -0.479. The third-order valence-electron chi connectivity index (χ3n) is 5.02. The van der Waals surface area contributed by atoms with E-state index in [0.29, 0.717) is 30.9 Å². The number of rotatable bonds is 7. The smallest absolute Gasteiger partial charge is 0.253 e. The van der Waals surface area contributed by atoms with Crippen LogP contribution in [0.1, 0.15) is 29.3 Å². The number of anilines is 2. The summed E-state index contributed by atoms with van der Waals surface area (Å²) in [5.74, 6) is -1.12. The summed E-state index contributed by atoms with van der Waals surface area (Å²) in [6.07, 6.45) is 0.952. The van der Waals surface area contributed by atoms with Crippen molar-refractivity contribution >= 4 is 29.1 Å². The van der Waals surface area contributed by atoms with Gasteiger partial charge in [0.1, 0.15) is 0 Å². The normalized spacial score (nSPS) is 16.0. The summed E-state index contributed by atoms with van der Waals surface area (Å²) in [6.45, 7) is 3.04. The van der Waals surface area contributed by atoms with Gasteiger partial charge in [-0.25, -0.2) is 0 Å². The first-order chi connectivity index (χ1) is 14.0. The molecule has 0 bridgehead atoms. The molecule has 0 saturated carbocycles. The summed E-state index contributed by atoms with van der Waals surface area (Å²) < 4.78 is 0. The van der Waals surface area contributed by atoms with Gasteiger partial charge in [-0.2, -0.15) is 0 Å². The number of hydrogen-bond acceptors (Lipinski definition) is 4. The van der Waals surface area contributed by atoms with Crippen LogP contribution in [-0.2, 0) is 16.0 Å². The Kier molecular flexibility index (Phi) is 6.61. The molecule has 4 N–H and O–H groups in total. The molecule has 0 radical (unpaired) electrons. The molecule has 7 heteroatoms. The largest absolute Gasteiger partial charge is 0.351 e. The van der Waals surface area contributed by atoms with E-state index >= 15 is 0 Å². The van der Waals surface area contributed by atoms with Crippen LogP contribution in [0.25, 0.3) is 0 Å². The number of aryl methyl sites for hydroxylation is 1. The highest BCUT2D eigenvalue weighted by Crippen LogP contribution is 2.29. The summed E-state index contributed by atoms with van der Waals surface area (Å²) in [7, 11) is 0. The summed E-state index contributed by atoms with van der Waals surface area (Å²) in [5.41, 5.74) is 8.15. The predicted molar refractivity (Wildman–Crippen MR) is 113 cm³/mol. The lowest BCUT2D eigenvalue weighted by atomic mass is 10.1. The van der Waals surface area contributed by atoms with Crippen molar-refractivity contribution in [2.24, 2.45) is 11.7 Å². The fraction of sp³-hybridized carbons (Fsp3) is 0.318. The monoisotopic (exact) mass is 394 g/mol. The van der Waals surface area contributed by atoms with Gasteiger partial charge in [-0.15, -0.1) is 0 Å². The van der Waals surface area contributed by atoms with E-state index in [0.717, 1.165) is 17.7 Å². The van der Waals surface area contributed by atoms with Crippen molar-refractivity contribution in [3.63, 3.8) is 0 Å². The second kappa shape index (κ2) is 9.34. The summed E-state index contributed by atoms with van der Waals surface area (Å²) in [5, 5.41) is 5.52. The maximum Gasteiger partial charge on any atom is 0.253 e. The van der Waals surface area contributed by atoms with Gasteiger partial charge in [-0.3, -0.25) is 14.4 Å². The van der Waals surface area contributed by atoms with Gasteiger partial charge >= 0.3 is 0 Å². The van der Waals surface area contributed by atoms with Gasteiger partial charge < -0.3 is 21.3 Å². The molecule has 1 fully saturated rings. The van der Waals surface area contributed by atoms with Crippen LogP contribution in [0.2, 0.25) is 0 Å². The minimum absolute atomic E-state index is 0.0694. The van der Waals surface area contributed by atoms with E-state index < -0.39 is 5.92 Å². The second-order valence-corrected chi connectivity index (χ2v) is 6.97. The van der Waals surface area contributed by atoms with Gasteiger partial charge in [0.05, 0.1) is 17.2 Å². The number of nitrogens with zero attached hydrogens (tertiary/aromatic N) is 1. The van der Waals surface area contributed by atoms with Crippen LogP contribution in [-0.4, -0.2) is 37.4 Å². The Balaban J connectivity index is 1.73.